The minimum absolute atomic E-state index is 0.169. The van der Waals surface area contributed by atoms with Gasteiger partial charge in [-0.2, -0.15) is 0 Å². The summed E-state index contributed by atoms with van der Waals surface area (Å²) in [6.45, 7) is 1.90. The fourth-order valence-corrected chi connectivity index (χ4v) is 3.52. The average molecular weight is 459 g/mol. The Kier molecular flexibility index (Phi) is 6.91. The van der Waals surface area contributed by atoms with Crippen LogP contribution in [0.15, 0.2) is 72.8 Å². The first kappa shape index (κ1) is 22.4. The van der Waals surface area contributed by atoms with Crippen LogP contribution >= 0.6 is 11.6 Å². The number of ether oxygens (including phenoxy) is 2. The van der Waals surface area contributed by atoms with Crippen LogP contribution in [0.25, 0.3) is 23.1 Å². The molecule has 0 aliphatic carbocycles. The quantitative estimate of drug-likeness (QED) is 0.348. The van der Waals surface area contributed by atoms with Gasteiger partial charge in [-0.05, 0) is 61.0 Å². The lowest BCUT2D eigenvalue weighted by Gasteiger charge is -2.12. The van der Waals surface area contributed by atoms with Crippen LogP contribution in [0, 0.1) is 6.92 Å². The molecule has 0 fully saturated rings. The Morgan fingerprint density at radius 1 is 1.00 bits per heavy atom. The number of hydrogen-bond donors (Lipinski definition) is 1. The molecule has 0 saturated carbocycles. The van der Waals surface area contributed by atoms with Crippen LogP contribution in [0.2, 0.25) is 5.02 Å². The second-order valence-electron chi connectivity index (χ2n) is 7.49. The number of anilines is 1. The molecule has 0 unspecified atom stereocenters. The van der Waals surface area contributed by atoms with E-state index in [0.29, 0.717) is 22.2 Å². The van der Waals surface area contributed by atoms with E-state index in [1.807, 2.05) is 36.4 Å². The molecule has 3 aromatic carbocycles. The zero-order valence-corrected chi connectivity index (χ0v) is 19.1. The van der Waals surface area contributed by atoms with Crippen molar-refractivity contribution in [1.82, 2.24) is 4.98 Å². The topological polar surface area (TPSA) is 60.5 Å². The molecule has 6 heteroatoms. The van der Waals surface area contributed by atoms with Gasteiger partial charge in [-0.1, -0.05) is 53.6 Å². The van der Waals surface area contributed by atoms with E-state index in [-0.39, 0.29) is 12.5 Å². The molecule has 1 heterocycles. The van der Waals surface area contributed by atoms with Crippen molar-refractivity contribution in [3.05, 3.63) is 94.6 Å². The van der Waals surface area contributed by atoms with E-state index < -0.39 is 0 Å². The Morgan fingerprint density at radius 2 is 1.85 bits per heavy atom. The molecule has 0 aliphatic rings. The molecule has 1 amide bonds. The molecule has 5 nitrogen and oxygen atoms in total. The number of rotatable bonds is 7. The second-order valence-corrected chi connectivity index (χ2v) is 7.90. The first-order valence-corrected chi connectivity index (χ1v) is 10.8. The Bertz CT molecular complexity index is 1330. The highest BCUT2D eigenvalue weighted by molar-refractivity contribution is 6.33. The van der Waals surface area contributed by atoms with Crippen molar-refractivity contribution in [2.45, 2.75) is 6.92 Å². The van der Waals surface area contributed by atoms with Crippen molar-refractivity contribution in [2.75, 3.05) is 19.0 Å². The monoisotopic (exact) mass is 458 g/mol. The fraction of sp³-hybridized carbons (Fsp3) is 0.111. The van der Waals surface area contributed by atoms with Crippen LogP contribution in [0.4, 0.5) is 5.69 Å². The molecule has 0 aliphatic heterocycles. The van der Waals surface area contributed by atoms with E-state index in [0.717, 1.165) is 22.2 Å². The van der Waals surface area contributed by atoms with Crippen molar-refractivity contribution >= 4 is 46.3 Å². The van der Waals surface area contributed by atoms with Gasteiger partial charge in [0.15, 0.2) is 18.1 Å². The van der Waals surface area contributed by atoms with Gasteiger partial charge in [-0.15, -0.1) is 0 Å². The summed E-state index contributed by atoms with van der Waals surface area (Å²) in [5.41, 5.74) is 4.49. The van der Waals surface area contributed by atoms with E-state index in [4.69, 9.17) is 21.1 Å². The third kappa shape index (κ3) is 5.70. The number of pyridine rings is 1. The summed E-state index contributed by atoms with van der Waals surface area (Å²) < 4.78 is 11.1. The molecular weight excluding hydrogens is 436 g/mol. The first-order chi connectivity index (χ1) is 16.0. The Hall–Kier alpha value is -3.83. The Morgan fingerprint density at radius 3 is 2.67 bits per heavy atom. The van der Waals surface area contributed by atoms with E-state index in [1.54, 1.807) is 37.4 Å². The number of halogens is 1. The summed E-state index contributed by atoms with van der Waals surface area (Å²) in [7, 11) is 1.56. The van der Waals surface area contributed by atoms with Gasteiger partial charge in [0.25, 0.3) is 5.91 Å². The highest BCUT2D eigenvalue weighted by Gasteiger charge is 2.10. The predicted octanol–water partition coefficient (Wildman–Crippen LogP) is 6.39. The molecule has 1 N–H and O–H groups in total. The summed E-state index contributed by atoms with van der Waals surface area (Å²) in [6, 6.07) is 22.8. The second kappa shape index (κ2) is 10.2. The molecule has 33 heavy (non-hydrogen) atoms. The molecule has 0 radical (unpaired) electrons. The van der Waals surface area contributed by atoms with E-state index in [2.05, 4.69) is 35.4 Å². The van der Waals surface area contributed by atoms with Gasteiger partial charge in [-0.25, -0.2) is 4.98 Å². The number of para-hydroxylation sites is 1. The normalized spacial score (nSPS) is 11.0. The highest BCUT2D eigenvalue weighted by atomic mass is 35.5. The number of benzene rings is 3. The van der Waals surface area contributed by atoms with E-state index >= 15 is 0 Å². The molecule has 4 aromatic rings. The molecule has 166 valence electrons. The average Bonchev–Trinajstić information content (AvgIpc) is 2.83. The number of nitrogens with one attached hydrogen (secondary N) is 1. The summed E-state index contributed by atoms with van der Waals surface area (Å²) in [5, 5.41) is 4.32. The highest BCUT2D eigenvalue weighted by Crippen LogP contribution is 2.29. The van der Waals surface area contributed by atoms with Crippen molar-refractivity contribution in [3.8, 4) is 11.5 Å². The lowest BCUT2D eigenvalue weighted by atomic mass is 10.1. The summed E-state index contributed by atoms with van der Waals surface area (Å²) >= 11 is 6.07. The van der Waals surface area contributed by atoms with Gasteiger partial charge in [0, 0.05) is 5.39 Å². The fourth-order valence-electron chi connectivity index (χ4n) is 3.33. The van der Waals surface area contributed by atoms with Crippen LogP contribution in [0.3, 0.4) is 0 Å². The third-order valence-corrected chi connectivity index (χ3v) is 5.34. The molecular formula is C27H23ClN2O3. The zero-order chi connectivity index (χ0) is 23.2. The number of aromatic nitrogens is 1. The smallest absolute Gasteiger partial charge is 0.262 e. The van der Waals surface area contributed by atoms with Gasteiger partial charge in [0.1, 0.15) is 0 Å². The maximum Gasteiger partial charge on any atom is 0.262 e. The van der Waals surface area contributed by atoms with Crippen LogP contribution in [0.1, 0.15) is 16.8 Å². The summed E-state index contributed by atoms with van der Waals surface area (Å²) in [5.74, 6) is 0.694. The van der Waals surface area contributed by atoms with Gasteiger partial charge in [0.05, 0.1) is 29.0 Å². The zero-order valence-electron chi connectivity index (χ0n) is 18.3. The lowest BCUT2D eigenvalue weighted by molar-refractivity contribution is -0.118. The van der Waals surface area contributed by atoms with E-state index in [9.17, 15) is 4.79 Å². The van der Waals surface area contributed by atoms with Crippen molar-refractivity contribution in [3.63, 3.8) is 0 Å². The molecule has 4 rings (SSSR count). The maximum absolute atomic E-state index is 12.2. The van der Waals surface area contributed by atoms with Gasteiger partial charge in [0.2, 0.25) is 0 Å². The number of amides is 1. The largest absolute Gasteiger partial charge is 0.493 e. The number of carbonyl (C=O) groups excluding carboxylic acids is 1. The minimum atomic E-state index is -0.313. The number of carbonyl (C=O) groups is 1. The molecule has 0 saturated heterocycles. The SMILES string of the molecule is COc1cc(/C=C/c2ccc3cc(C)ccc3n2)ccc1OCC(=O)Nc1ccccc1Cl. The van der Waals surface area contributed by atoms with Crippen molar-refractivity contribution in [1.29, 1.82) is 0 Å². The van der Waals surface area contributed by atoms with Crippen LogP contribution in [0.5, 0.6) is 11.5 Å². The molecule has 0 atom stereocenters. The van der Waals surface area contributed by atoms with Crippen molar-refractivity contribution in [2.24, 2.45) is 0 Å². The summed E-state index contributed by atoms with van der Waals surface area (Å²) in [6.07, 6.45) is 3.91. The van der Waals surface area contributed by atoms with Crippen LogP contribution < -0.4 is 14.8 Å². The van der Waals surface area contributed by atoms with Gasteiger partial charge >= 0.3 is 0 Å². The predicted molar refractivity (Wildman–Crippen MR) is 134 cm³/mol. The number of methoxy groups -OCH3 is 1. The van der Waals surface area contributed by atoms with Gasteiger partial charge < -0.3 is 14.8 Å². The minimum Gasteiger partial charge on any atom is -0.493 e. The van der Waals surface area contributed by atoms with Crippen LogP contribution in [-0.4, -0.2) is 24.6 Å². The van der Waals surface area contributed by atoms with Gasteiger partial charge in [-0.3, -0.25) is 4.79 Å². The van der Waals surface area contributed by atoms with E-state index in [1.165, 1.54) is 5.56 Å². The lowest BCUT2D eigenvalue weighted by Crippen LogP contribution is -2.20. The maximum atomic E-state index is 12.2. The number of hydrogen-bond acceptors (Lipinski definition) is 4. The number of fused-ring (bicyclic) bond motifs is 1. The standard InChI is InChI=1S/C27H23ClN2O3/c1-18-7-13-23-20(15-18)10-12-21(29-23)11-8-19-9-14-25(26(16-19)32-2)33-17-27(31)30-24-6-4-3-5-22(24)28/h3-16H,17H2,1-2H3,(H,30,31)/b11-8+. The number of nitrogens with zero attached hydrogens (tertiary/aromatic N) is 1. The molecule has 1 aromatic heterocycles. The Balaban J connectivity index is 1.42. The first-order valence-electron chi connectivity index (χ1n) is 10.4. The molecule has 0 spiro atoms. The number of aryl methyl sites for hydroxylation is 1. The third-order valence-electron chi connectivity index (χ3n) is 5.01. The molecule has 0 bridgehead atoms. The van der Waals surface area contributed by atoms with Crippen molar-refractivity contribution < 1.29 is 14.3 Å². The Labute approximate surface area is 197 Å². The van der Waals surface area contributed by atoms with Crippen LogP contribution in [-0.2, 0) is 4.79 Å². The summed E-state index contributed by atoms with van der Waals surface area (Å²) in [4.78, 5) is 16.9.